The van der Waals surface area contributed by atoms with E-state index in [4.69, 9.17) is 0 Å². The van der Waals surface area contributed by atoms with E-state index in [-0.39, 0.29) is 30.8 Å². The molecule has 1 N–H and O–H groups in total. The third kappa shape index (κ3) is 7.14. The van der Waals surface area contributed by atoms with E-state index < -0.39 is 0 Å². The summed E-state index contributed by atoms with van der Waals surface area (Å²) in [4.78, 5) is 13.5. The van der Waals surface area contributed by atoms with E-state index in [0.29, 0.717) is 12.6 Å². The summed E-state index contributed by atoms with van der Waals surface area (Å²) >= 11 is 0. The number of carbonyl (C=O) groups is 1. The van der Waals surface area contributed by atoms with E-state index in [1.807, 2.05) is 6.07 Å². The lowest BCUT2D eigenvalue weighted by molar-refractivity contribution is -0.139. The van der Waals surface area contributed by atoms with Gasteiger partial charge < -0.3 is 10.1 Å². The molecule has 120 valence electrons. The number of ether oxygens (including phenoxy) is 1. The average molecular weight is 335 g/mol. The van der Waals surface area contributed by atoms with Gasteiger partial charge in [0.25, 0.3) is 0 Å². The molecule has 1 heterocycles. The van der Waals surface area contributed by atoms with Gasteiger partial charge in [-0.25, -0.2) is 0 Å². The molecule has 1 aromatic carbocycles. The normalized spacial score (nSPS) is 15.7. The smallest absolute Gasteiger partial charge is 0.319 e. The Kier molecular flexibility index (Phi) is 10.4. The first-order valence-corrected chi connectivity index (χ1v) is 6.84. The molecule has 1 fully saturated rings. The molecule has 1 aliphatic rings. The van der Waals surface area contributed by atoms with Crippen molar-refractivity contribution in [2.45, 2.75) is 25.4 Å². The van der Waals surface area contributed by atoms with Crippen molar-refractivity contribution in [3.8, 4) is 0 Å². The second kappa shape index (κ2) is 10.9. The average Bonchev–Trinajstić information content (AvgIpc) is 2.47. The summed E-state index contributed by atoms with van der Waals surface area (Å²) < 4.78 is 4.63. The molecule has 2 rings (SSSR count). The molecule has 0 unspecified atom stereocenters. The Bertz CT molecular complexity index is 396. The molecule has 1 aliphatic heterocycles. The summed E-state index contributed by atoms with van der Waals surface area (Å²) in [5.41, 5.74) is 1.36. The minimum absolute atomic E-state index is 0. The van der Waals surface area contributed by atoms with Crippen molar-refractivity contribution in [1.29, 1.82) is 0 Å². The number of esters is 1. The number of rotatable bonds is 5. The number of likely N-dealkylation sites (tertiary alicyclic amines) is 1. The molecule has 0 aliphatic carbocycles. The van der Waals surface area contributed by atoms with Crippen LogP contribution in [0.4, 0.5) is 0 Å². The lowest BCUT2D eigenvalue weighted by Crippen LogP contribution is -2.43. The van der Waals surface area contributed by atoms with Crippen molar-refractivity contribution in [2.24, 2.45) is 0 Å². The van der Waals surface area contributed by atoms with Gasteiger partial charge in [0, 0.05) is 12.6 Å². The quantitative estimate of drug-likeness (QED) is 0.838. The third-order valence-corrected chi connectivity index (χ3v) is 3.60. The maximum absolute atomic E-state index is 11.1. The predicted molar refractivity (Wildman–Crippen MR) is 89.3 cm³/mol. The molecule has 0 amide bonds. The highest BCUT2D eigenvalue weighted by Crippen LogP contribution is 2.13. The number of nitrogens with zero attached hydrogens (tertiary/aromatic N) is 1. The fourth-order valence-corrected chi connectivity index (χ4v) is 2.44. The van der Waals surface area contributed by atoms with Gasteiger partial charge in [-0.05, 0) is 31.5 Å². The van der Waals surface area contributed by atoms with E-state index in [1.165, 1.54) is 12.7 Å². The zero-order valence-electron chi connectivity index (χ0n) is 12.3. The van der Waals surface area contributed by atoms with Gasteiger partial charge in [-0.15, -0.1) is 24.8 Å². The van der Waals surface area contributed by atoms with E-state index in [2.05, 4.69) is 39.2 Å². The lowest BCUT2D eigenvalue weighted by atomic mass is 10.0. The van der Waals surface area contributed by atoms with E-state index >= 15 is 0 Å². The van der Waals surface area contributed by atoms with Crippen LogP contribution in [0.5, 0.6) is 0 Å². The molecule has 6 heteroatoms. The van der Waals surface area contributed by atoms with Crippen LogP contribution in [-0.4, -0.2) is 43.7 Å². The van der Waals surface area contributed by atoms with Gasteiger partial charge >= 0.3 is 5.97 Å². The Morgan fingerprint density at radius 2 is 1.86 bits per heavy atom. The monoisotopic (exact) mass is 334 g/mol. The number of piperidine rings is 1. The molecule has 0 bridgehead atoms. The summed E-state index contributed by atoms with van der Waals surface area (Å²) in [5, 5.41) is 3.26. The molecule has 0 aromatic heterocycles. The Morgan fingerprint density at radius 3 is 2.43 bits per heavy atom. The van der Waals surface area contributed by atoms with Crippen molar-refractivity contribution in [1.82, 2.24) is 10.2 Å². The number of halogens is 2. The molecular weight excluding hydrogens is 311 g/mol. The van der Waals surface area contributed by atoms with Crippen molar-refractivity contribution >= 4 is 30.8 Å². The van der Waals surface area contributed by atoms with Crippen molar-refractivity contribution in [3.05, 3.63) is 35.9 Å². The van der Waals surface area contributed by atoms with Gasteiger partial charge in [0.1, 0.15) is 0 Å². The molecular formula is C15H24Cl2N2O2. The number of benzene rings is 1. The molecule has 0 saturated carbocycles. The maximum Gasteiger partial charge on any atom is 0.319 e. The van der Waals surface area contributed by atoms with E-state index in [9.17, 15) is 4.79 Å². The SMILES string of the molecule is COC(=O)CNC1CCN(Cc2ccccc2)CC1.Cl.Cl. The maximum atomic E-state index is 11.1. The number of carbonyl (C=O) groups excluding carboxylic acids is 1. The highest BCUT2D eigenvalue weighted by Gasteiger charge is 2.19. The largest absolute Gasteiger partial charge is 0.468 e. The Labute approximate surface area is 139 Å². The van der Waals surface area contributed by atoms with Crippen LogP contribution in [0.1, 0.15) is 18.4 Å². The molecule has 4 nitrogen and oxygen atoms in total. The Balaban J connectivity index is 0.00000200. The third-order valence-electron chi connectivity index (χ3n) is 3.60. The van der Waals surface area contributed by atoms with Crippen LogP contribution in [0.2, 0.25) is 0 Å². The van der Waals surface area contributed by atoms with Gasteiger partial charge in [0.05, 0.1) is 13.7 Å². The highest BCUT2D eigenvalue weighted by atomic mass is 35.5. The predicted octanol–water partition coefficient (Wildman–Crippen LogP) is 2.26. The molecule has 1 saturated heterocycles. The zero-order chi connectivity index (χ0) is 13.5. The molecule has 0 spiro atoms. The van der Waals surface area contributed by atoms with Crippen molar-refractivity contribution < 1.29 is 9.53 Å². The highest BCUT2D eigenvalue weighted by molar-refractivity contribution is 5.85. The summed E-state index contributed by atoms with van der Waals surface area (Å²) in [6.07, 6.45) is 2.17. The minimum atomic E-state index is -0.188. The molecule has 1 aromatic rings. The summed E-state index contributed by atoms with van der Waals surface area (Å²) in [6, 6.07) is 11.0. The van der Waals surface area contributed by atoms with Crippen LogP contribution in [-0.2, 0) is 16.1 Å². The fraction of sp³-hybridized carbons (Fsp3) is 0.533. The van der Waals surface area contributed by atoms with Gasteiger partial charge in [0.2, 0.25) is 0 Å². The topological polar surface area (TPSA) is 41.6 Å². The summed E-state index contributed by atoms with van der Waals surface area (Å²) in [6.45, 7) is 3.49. The number of hydrogen-bond acceptors (Lipinski definition) is 4. The lowest BCUT2D eigenvalue weighted by Gasteiger charge is -2.32. The van der Waals surface area contributed by atoms with Gasteiger partial charge in [0.15, 0.2) is 0 Å². The second-order valence-electron chi connectivity index (χ2n) is 4.99. The van der Waals surface area contributed by atoms with Crippen LogP contribution in [0, 0.1) is 0 Å². The zero-order valence-corrected chi connectivity index (χ0v) is 13.9. The summed E-state index contributed by atoms with van der Waals surface area (Å²) in [7, 11) is 1.42. The number of methoxy groups -OCH3 is 1. The summed E-state index contributed by atoms with van der Waals surface area (Å²) in [5.74, 6) is -0.188. The van der Waals surface area contributed by atoms with E-state index in [0.717, 1.165) is 32.5 Å². The van der Waals surface area contributed by atoms with Crippen molar-refractivity contribution in [2.75, 3.05) is 26.7 Å². The first-order chi connectivity index (χ1) is 9.28. The van der Waals surface area contributed by atoms with Crippen LogP contribution >= 0.6 is 24.8 Å². The van der Waals surface area contributed by atoms with E-state index in [1.54, 1.807) is 0 Å². The Morgan fingerprint density at radius 1 is 1.24 bits per heavy atom. The number of nitrogens with one attached hydrogen (secondary N) is 1. The van der Waals surface area contributed by atoms with Gasteiger partial charge in [-0.1, -0.05) is 30.3 Å². The molecule has 21 heavy (non-hydrogen) atoms. The Hall–Kier alpha value is -0.810. The number of hydrogen-bond donors (Lipinski definition) is 1. The first kappa shape index (κ1) is 20.2. The van der Waals surface area contributed by atoms with Crippen LogP contribution < -0.4 is 5.32 Å². The molecule has 0 atom stereocenters. The second-order valence-corrected chi connectivity index (χ2v) is 4.99. The van der Waals surface area contributed by atoms with Crippen LogP contribution in [0.3, 0.4) is 0 Å². The van der Waals surface area contributed by atoms with Gasteiger partial charge in [-0.2, -0.15) is 0 Å². The molecule has 0 radical (unpaired) electrons. The standard InChI is InChI=1S/C15H22N2O2.2ClH/c1-19-15(18)11-16-14-7-9-17(10-8-14)12-13-5-3-2-4-6-13;;/h2-6,14,16H,7-12H2,1H3;2*1H. The van der Waals surface area contributed by atoms with Crippen LogP contribution in [0.15, 0.2) is 30.3 Å². The van der Waals surface area contributed by atoms with Crippen molar-refractivity contribution in [3.63, 3.8) is 0 Å². The van der Waals surface area contributed by atoms with Crippen LogP contribution in [0.25, 0.3) is 0 Å². The first-order valence-electron chi connectivity index (χ1n) is 6.84. The minimum Gasteiger partial charge on any atom is -0.468 e. The fourth-order valence-electron chi connectivity index (χ4n) is 2.44. The van der Waals surface area contributed by atoms with Gasteiger partial charge in [-0.3, -0.25) is 9.69 Å².